The van der Waals surface area contributed by atoms with Crippen LogP contribution in [-0.2, 0) is 13.1 Å². The largest absolute Gasteiger partial charge is 0.395 e. The van der Waals surface area contributed by atoms with E-state index in [1.165, 1.54) is 23.0 Å². The highest BCUT2D eigenvalue weighted by Crippen LogP contribution is 2.21. The van der Waals surface area contributed by atoms with Gasteiger partial charge in [0.2, 0.25) is 0 Å². The van der Waals surface area contributed by atoms with E-state index >= 15 is 0 Å². The standard InChI is InChI=1S/C21H22F2N4O2/c22-16-9-15(10-17(23)11-16)13-25-3-5-26(6-4-25)18-1-2-19-20(12-18)24-14-27(7-8-28)21(19)29/h1-2,9-12,14,28H,3-8,13H2. The third-order valence-electron chi connectivity index (χ3n) is 5.22. The van der Waals surface area contributed by atoms with Gasteiger partial charge in [-0.25, -0.2) is 13.8 Å². The van der Waals surface area contributed by atoms with Crippen LogP contribution in [0, 0.1) is 11.6 Å². The van der Waals surface area contributed by atoms with E-state index < -0.39 is 11.6 Å². The van der Waals surface area contributed by atoms with Gasteiger partial charge in [0.25, 0.3) is 5.56 Å². The quantitative estimate of drug-likeness (QED) is 0.710. The van der Waals surface area contributed by atoms with Gasteiger partial charge in [-0.1, -0.05) is 0 Å². The summed E-state index contributed by atoms with van der Waals surface area (Å²) in [5.41, 5.74) is 2.08. The van der Waals surface area contributed by atoms with E-state index in [9.17, 15) is 13.6 Å². The highest BCUT2D eigenvalue weighted by atomic mass is 19.1. The fourth-order valence-electron chi connectivity index (χ4n) is 3.74. The Labute approximate surface area is 166 Å². The summed E-state index contributed by atoms with van der Waals surface area (Å²) in [7, 11) is 0. The topological polar surface area (TPSA) is 61.6 Å². The number of aliphatic hydroxyl groups is 1. The first-order valence-corrected chi connectivity index (χ1v) is 9.56. The molecule has 29 heavy (non-hydrogen) atoms. The summed E-state index contributed by atoms with van der Waals surface area (Å²) in [5, 5.41) is 9.56. The number of fused-ring (bicyclic) bond motifs is 1. The fourth-order valence-corrected chi connectivity index (χ4v) is 3.74. The van der Waals surface area contributed by atoms with Crippen LogP contribution in [0.1, 0.15) is 5.56 Å². The number of aliphatic hydroxyl groups excluding tert-OH is 1. The van der Waals surface area contributed by atoms with Crippen LogP contribution in [0.25, 0.3) is 10.9 Å². The van der Waals surface area contributed by atoms with E-state index in [1.54, 1.807) is 6.07 Å². The lowest BCUT2D eigenvalue weighted by molar-refractivity contribution is 0.249. The van der Waals surface area contributed by atoms with Crippen molar-refractivity contribution in [1.29, 1.82) is 0 Å². The van der Waals surface area contributed by atoms with Crippen molar-refractivity contribution in [3.8, 4) is 0 Å². The molecule has 1 fully saturated rings. The lowest BCUT2D eigenvalue weighted by Gasteiger charge is -2.36. The molecular formula is C21H22F2N4O2. The molecule has 2 heterocycles. The van der Waals surface area contributed by atoms with Gasteiger partial charge in [0.1, 0.15) is 11.6 Å². The van der Waals surface area contributed by atoms with Crippen molar-refractivity contribution in [2.45, 2.75) is 13.1 Å². The summed E-state index contributed by atoms with van der Waals surface area (Å²) in [6.07, 6.45) is 1.46. The summed E-state index contributed by atoms with van der Waals surface area (Å²) < 4.78 is 28.2. The number of benzene rings is 2. The van der Waals surface area contributed by atoms with Crippen LogP contribution in [0.2, 0.25) is 0 Å². The summed E-state index contributed by atoms with van der Waals surface area (Å²) >= 11 is 0. The van der Waals surface area contributed by atoms with E-state index in [2.05, 4.69) is 14.8 Å². The second-order valence-corrected chi connectivity index (χ2v) is 7.21. The Morgan fingerprint density at radius 1 is 1.00 bits per heavy atom. The van der Waals surface area contributed by atoms with E-state index in [1.807, 2.05) is 12.1 Å². The second kappa shape index (κ2) is 8.26. The molecule has 2 aromatic carbocycles. The van der Waals surface area contributed by atoms with Crippen molar-refractivity contribution in [3.05, 3.63) is 70.3 Å². The fraction of sp³-hybridized carbons (Fsp3) is 0.333. The third-order valence-corrected chi connectivity index (χ3v) is 5.22. The Hall–Kier alpha value is -2.84. The van der Waals surface area contributed by atoms with Crippen molar-refractivity contribution in [3.63, 3.8) is 0 Å². The zero-order valence-electron chi connectivity index (χ0n) is 15.9. The van der Waals surface area contributed by atoms with E-state index in [0.717, 1.165) is 37.9 Å². The first-order valence-electron chi connectivity index (χ1n) is 9.56. The minimum atomic E-state index is -0.555. The monoisotopic (exact) mass is 400 g/mol. The summed E-state index contributed by atoms with van der Waals surface area (Å²) in [6.45, 7) is 3.68. The molecule has 3 aromatic rings. The molecule has 1 N–H and O–H groups in total. The molecule has 1 aromatic heterocycles. The van der Waals surface area contributed by atoms with Crippen LogP contribution in [0.3, 0.4) is 0 Å². The van der Waals surface area contributed by atoms with Gasteiger partial charge < -0.3 is 10.0 Å². The molecule has 0 atom stereocenters. The molecule has 0 saturated carbocycles. The van der Waals surface area contributed by atoms with E-state index in [4.69, 9.17) is 5.11 Å². The highest BCUT2D eigenvalue weighted by molar-refractivity contribution is 5.81. The van der Waals surface area contributed by atoms with Crippen LogP contribution in [0.5, 0.6) is 0 Å². The van der Waals surface area contributed by atoms with Gasteiger partial charge in [0.05, 0.1) is 30.4 Å². The molecule has 4 rings (SSSR count). The summed E-state index contributed by atoms with van der Waals surface area (Å²) in [6, 6.07) is 9.20. The maximum atomic E-state index is 13.4. The molecule has 0 bridgehead atoms. The zero-order chi connectivity index (χ0) is 20.4. The van der Waals surface area contributed by atoms with Gasteiger partial charge in [-0.05, 0) is 35.9 Å². The number of hydrogen-bond acceptors (Lipinski definition) is 5. The van der Waals surface area contributed by atoms with Gasteiger partial charge in [0, 0.05) is 44.5 Å². The number of hydrogen-bond donors (Lipinski definition) is 1. The average molecular weight is 400 g/mol. The lowest BCUT2D eigenvalue weighted by atomic mass is 10.1. The Kier molecular flexibility index (Phi) is 5.55. The van der Waals surface area contributed by atoms with Gasteiger partial charge in [-0.15, -0.1) is 0 Å². The second-order valence-electron chi connectivity index (χ2n) is 7.21. The minimum Gasteiger partial charge on any atom is -0.395 e. The molecule has 0 radical (unpaired) electrons. The van der Waals surface area contributed by atoms with Crippen LogP contribution >= 0.6 is 0 Å². The molecule has 1 aliphatic heterocycles. The highest BCUT2D eigenvalue weighted by Gasteiger charge is 2.18. The summed E-state index contributed by atoms with van der Waals surface area (Å²) in [5.74, 6) is -1.11. The van der Waals surface area contributed by atoms with Crippen molar-refractivity contribution >= 4 is 16.6 Å². The number of rotatable bonds is 5. The smallest absolute Gasteiger partial charge is 0.261 e. The number of anilines is 1. The normalized spacial score (nSPS) is 15.2. The molecule has 0 amide bonds. The number of piperazine rings is 1. The summed E-state index contributed by atoms with van der Waals surface area (Å²) in [4.78, 5) is 21.1. The SMILES string of the molecule is O=c1c2ccc(N3CCN(Cc4cc(F)cc(F)c4)CC3)cc2ncn1CCO. The molecule has 0 unspecified atom stereocenters. The Morgan fingerprint density at radius 3 is 2.41 bits per heavy atom. The first kappa shape index (κ1) is 19.5. The first-order chi connectivity index (χ1) is 14.0. The van der Waals surface area contributed by atoms with Crippen molar-refractivity contribution in [2.24, 2.45) is 0 Å². The van der Waals surface area contributed by atoms with Crippen LogP contribution in [0.4, 0.5) is 14.5 Å². The Morgan fingerprint density at radius 2 is 1.72 bits per heavy atom. The van der Waals surface area contributed by atoms with Crippen LogP contribution < -0.4 is 10.5 Å². The maximum absolute atomic E-state index is 13.4. The molecular weight excluding hydrogens is 378 g/mol. The van der Waals surface area contributed by atoms with Gasteiger partial charge >= 0.3 is 0 Å². The number of halogens is 2. The Balaban J connectivity index is 1.44. The van der Waals surface area contributed by atoms with Gasteiger partial charge in [-0.3, -0.25) is 14.3 Å². The van der Waals surface area contributed by atoms with Crippen LogP contribution in [-0.4, -0.2) is 52.3 Å². The van der Waals surface area contributed by atoms with Crippen molar-refractivity contribution in [2.75, 3.05) is 37.7 Å². The zero-order valence-corrected chi connectivity index (χ0v) is 15.9. The lowest BCUT2D eigenvalue weighted by Crippen LogP contribution is -2.46. The molecule has 0 aliphatic carbocycles. The predicted molar refractivity (Wildman–Crippen MR) is 107 cm³/mol. The van der Waals surface area contributed by atoms with Crippen molar-refractivity contribution in [1.82, 2.24) is 14.5 Å². The molecule has 1 aliphatic rings. The minimum absolute atomic E-state index is 0.113. The third kappa shape index (κ3) is 4.28. The van der Waals surface area contributed by atoms with E-state index in [-0.39, 0.29) is 18.7 Å². The van der Waals surface area contributed by atoms with Gasteiger partial charge in [0.15, 0.2) is 0 Å². The number of nitrogens with zero attached hydrogens (tertiary/aromatic N) is 4. The molecule has 6 nitrogen and oxygen atoms in total. The molecule has 152 valence electrons. The average Bonchev–Trinajstić information content (AvgIpc) is 2.70. The Bertz CT molecular complexity index is 1060. The molecule has 0 spiro atoms. The molecule has 1 saturated heterocycles. The molecule has 8 heteroatoms. The van der Waals surface area contributed by atoms with Gasteiger partial charge in [-0.2, -0.15) is 0 Å². The van der Waals surface area contributed by atoms with E-state index in [0.29, 0.717) is 23.0 Å². The predicted octanol–water partition coefficient (Wildman–Crippen LogP) is 1.99. The maximum Gasteiger partial charge on any atom is 0.261 e. The van der Waals surface area contributed by atoms with Crippen LogP contribution in [0.15, 0.2) is 47.5 Å². The van der Waals surface area contributed by atoms with Crippen molar-refractivity contribution < 1.29 is 13.9 Å². The number of aromatic nitrogens is 2.